The molecule has 118 valence electrons. The van der Waals surface area contributed by atoms with Crippen LogP contribution in [0.1, 0.15) is 30.9 Å². The average Bonchev–Trinajstić information content (AvgIpc) is 2.79. The maximum atomic E-state index is 12.7. The first-order valence-corrected chi connectivity index (χ1v) is 7.38. The van der Waals surface area contributed by atoms with Crippen molar-refractivity contribution in [1.29, 1.82) is 0 Å². The number of nitrogens with zero attached hydrogens (tertiary/aromatic N) is 2. The average molecular weight is 296 g/mol. The molecule has 6 heteroatoms. The van der Waals surface area contributed by atoms with Crippen LogP contribution in [0.15, 0.2) is 4.52 Å². The second-order valence-electron chi connectivity index (χ2n) is 5.89. The largest absolute Gasteiger partial charge is 0.394 e. The summed E-state index contributed by atoms with van der Waals surface area (Å²) in [6.45, 7) is 8.50. The summed E-state index contributed by atoms with van der Waals surface area (Å²) in [6.07, 6.45) is 0.338. The molecule has 21 heavy (non-hydrogen) atoms. The van der Waals surface area contributed by atoms with Gasteiger partial charge < -0.3 is 19.3 Å². The van der Waals surface area contributed by atoms with Gasteiger partial charge in [0.2, 0.25) is 5.91 Å². The lowest BCUT2D eigenvalue weighted by atomic mass is 9.97. The van der Waals surface area contributed by atoms with Gasteiger partial charge in [0.1, 0.15) is 5.76 Å². The Labute approximate surface area is 125 Å². The molecule has 0 radical (unpaired) electrons. The maximum absolute atomic E-state index is 12.7. The zero-order valence-electron chi connectivity index (χ0n) is 13.1. The van der Waals surface area contributed by atoms with Crippen LogP contribution in [0.5, 0.6) is 0 Å². The van der Waals surface area contributed by atoms with Crippen molar-refractivity contribution in [3.05, 3.63) is 17.0 Å². The number of aromatic nitrogens is 1. The molecule has 6 nitrogen and oxygen atoms in total. The molecule has 0 aromatic carbocycles. The van der Waals surface area contributed by atoms with E-state index in [1.807, 2.05) is 32.6 Å². The highest BCUT2D eigenvalue weighted by Gasteiger charge is 2.32. The molecule has 0 spiro atoms. The highest BCUT2D eigenvalue weighted by atomic mass is 16.5. The highest BCUT2D eigenvalue weighted by molar-refractivity contribution is 5.79. The molecule has 0 aliphatic carbocycles. The summed E-state index contributed by atoms with van der Waals surface area (Å²) >= 11 is 0. The Kier molecular flexibility index (Phi) is 5.00. The number of carbonyl (C=O) groups excluding carboxylic acids is 1. The van der Waals surface area contributed by atoms with Crippen molar-refractivity contribution < 1.29 is 19.2 Å². The van der Waals surface area contributed by atoms with Crippen molar-refractivity contribution in [3.8, 4) is 0 Å². The summed E-state index contributed by atoms with van der Waals surface area (Å²) in [6, 6.07) is 0.0346. The maximum Gasteiger partial charge on any atom is 0.226 e. The van der Waals surface area contributed by atoms with Crippen molar-refractivity contribution in [3.63, 3.8) is 0 Å². The van der Waals surface area contributed by atoms with E-state index in [-0.39, 0.29) is 30.6 Å². The van der Waals surface area contributed by atoms with Crippen molar-refractivity contribution >= 4 is 5.91 Å². The van der Waals surface area contributed by atoms with Crippen molar-refractivity contribution in [2.24, 2.45) is 5.92 Å². The molecule has 2 rings (SSSR count). The van der Waals surface area contributed by atoms with Gasteiger partial charge in [-0.15, -0.1) is 0 Å². The van der Waals surface area contributed by atoms with E-state index in [0.29, 0.717) is 19.6 Å². The molecule has 1 aromatic rings. The number of hydrogen-bond donors (Lipinski definition) is 1. The number of amides is 1. The fourth-order valence-electron chi connectivity index (χ4n) is 2.70. The van der Waals surface area contributed by atoms with Crippen molar-refractivity contribution in [2.45, 2.75) is 46.3 Å². The van der Waals surface area contributed by atoms with E-state index in [2.05, 4.69) is 5.16 Å². The SMILES string of the molecule is Cc1noc(C)c1CC(C)C(=O)N1CC(CO)OCC1C. The normalized spacial score (nSPS) is 24.1. The Bertz CT molecular complexity index is 480. The fourth-order valence-corrected chi connectivity index (χ4v) is 2.70. The van der Waals surface area contributed by atoms with Crippen molar-refractivity contribution in [1.82, 2.24) is 10.1 Å². The lowest BCUT2D eigenvalue weighted by Gasteiger charge is -2.38. The van der Waals surface area contributed by atoms with Gasteiger partial charge in [0, 0.05) is 18.0 Å². The molecule has 2 heterocycles. The van der Waals surface area contributed by atoms with Crippen LogP contribution in [0, 0.1) is 19.8 Å². The molecule has 0 bridgehead atoms. The molecule has 1 aliphatic rings. The van der Waals surface area contributed by atoms with Gasteiger partial charge in [-0.3, -0.25) is 4.79 Å². The first-order valence-electron chi connectivity index (χ1n) is 7.38. The van der Waals surface area contributed by atoms with E-state index in [4.69, 9.17) is 9.26 Å². The first kappa shape index (κ1) is 16.0. The third-order valence-electron chi connectivity index (χ3n) is 4.11. The summed E-state index contributed by atoms with van der Waals surface area (Å²) in [5.74, 6) is 0.710. The van der Waals surface area contributed by atoms with E-state index >= 15 is 0 Å². The molecule has 3 atom stereocenters. The molecule has 1 aliphatic heterocycles. The smallest absolute Gasteiger partial charge is 0.226 e. The first-order chi connectivity index (χ1) is 9.93. The number of aliphatic hydroxyl groups is 1. The zero-order chi connectivity index (χ0) is 15.6. The molecule has 1 amide bonds. The van der Waals surface area contributed by atoms with Crippen LogP contribution in [-0.2, 0) is 16.0 Å². The van der Waals surface area contributed by atoms with E-state index in [9.17, 15) is 9.90 Å². The van der Waals surface area contributed by atoms with Crippen LogP contribution in [0.25, 0.3) is 0 Å². The molecule has 1 aromatic heterocycles. The van der Waals surface area contributed by atoms with E-state index in [0.717, 1.165) is 17.0 Å². The lowest BCUT2D eigenvalue weighted by molar-refractivity contribution is -0.149. The molecular formula is C15H24N2O4. The quantitative estimate of drug-likeness (QED) is 0.899. The van der Waals surface area contributed by atoms with Crippen LogP contribution >= 0.6 is 0 Å². The molecule has 0 saturated carbocycles. The number of ether oxygens (including phenoxy) is 1. The second-order valence-corrected chi connectivity index (χ2v) is 5.89. The predicted octanol–water partition coefficient (Wildman–Crippen LogP) is 1.08. The minimum Gasteiger partial charge on any atom is -0.394 e. The van der Waals surface area contributed by atoms with Gasteiger partial charge in [-0.25, -0.2) is 0 Å². The van der Waals surface area contributed by atoms with Crippen LogP contribution in [0.4, 0.5) is 0 Å². The minimum atomic E-state index is -0.281. The molecule has 1 N–H and O–H groups in total. The van der Waals surface area contributed by atoms with E-state index < -0.39 is 0 Å². The predicted molar refractivity (Wildman–Crippen MR) is 76.8 cm³/mol. The Balaban J connectivity index is 2.04. The Morgan fingerprint density at radius 1 is 1.52 bits per heavy atom. The summed E-state index contributed by atoms with van der Waals surface area (Å²) in [4.78, 5) is 14.5. The van der Waals surface area contributed by atoms with Gasteiger partial charge in [0.15, 0.2) is 0 Å². The van der Waals surface area contributed by atoms with Crippen LogP contribution < -0.4 is 0 Å². The topological polar surface area (TPSA) is 75.8 Å². The summed E-state index contributed by atoms with van der Waals surface area (Å²) < 4.78 is 10.6. The standard InChI is InChI=1S/C15H24N2O4/c1-9(5-14-11(3)16-21-12(14)4)15(19)17-6-13(7-18)20-8-10(17)2/h9-10,13,18H,5-8H2,1-4H3. The number of rotatable bonds is 4. The van der Waals surface area contributed by atoms with Crippen LogP contribution in [0.2, 0.25) is 0 Å². The van der Waals surface area contributed by atoms with E-state index in [1.54, 1.807) is 0 Å². The monoisotopic (exact) mass is 296 g/mol. The number of aliphatic hydroxyl groups excluding tert-OH is 1. The summed E-state index contributed by atoms with van der Waals surface area (Å²) in [7, 11) is 0. The van der Waals surface area contributed by atoms with Crippen LogP contribution in [0.3, 0.4) is 0 Å². The van der Waals surface area contributed by atoms with Gasteiger partial charge in [0.05, 0.1) is 31.1 Å². The van der Waals surface area contributed by atoms with Gasteiger partial charge >= 0.3 is 0 Å². The van der Waals surface area contributed by atoms with Crippen LogP contribution in [-0.4, -0.2) is 53.0 Å². The van der Waals surface area contributed by atoms with Gasteiger partial charge in [-0.1, -0.05) is 12.1 Å². The van der Waals surface area contributed by atoms with Gasteiger partial charge in [-0.2, -0.15) is 0 Å². The zero-order valence-corrected chi connectivity index (χ0v) is 13.1. The van der Waals surface area contributed by atoms with Crippen molar-refractivity contribution in [2.75, 3.05) is 19.8 Å². The highest BCUT2D eigenvalue weighted by Crippen LogP contribution is 2.21. The molecule has 1 saturated heterocycles. The van der Waals surface area contributed by atoms with E-state index in [1.165, 1.54) is 0 Å². The van der Waals surface area contributed by atoms with Gasteiger partial charge in [0.25, 0.3) is 0 Å². The third kappa shape index (κ3) is 3.44. The number of aryl methyl sites for hydroxylation is 2. The minimum absolute atomic E-state index is 0.0346. The summed E-state index contributed by atoms with van der Waals surface area (Å²) in [5.41, 5.74) is 1.85. The molecule has 1 fully saturated rings. The number of hydrogen-bond acceptors (Lipinski definition) is 5. The lowest BCUT2D eigenvalue weighted by Crippen LogP contribution is -2.53. The summed E-state index contributed by atoms with van der Waals surface area (Å²) in [5, 5.41) is 13.1. The fraction of sp³-hybridized carbons (Fsp3) is 0.733. The Morgan fingerprint density at radius 3 is 2.81 bits per heavy atom. The molecular weight excluding hydrogens is 272 g/mol. The second kappa shape index (κ2) is 6.58. The number of carbonyl (C=O) groups is 1. The third-order valence-corrected chi connectivity index (χ3v) is 4.11. The van der Waals surface area contributed by atoms with Gasteiger partial charge in [-0.05, 0) is 27.2 Å². The Hall–Kier alpha value is -1.40. The Morgan fingerprint density at radius 2 is 2.24 bits per heavy atom. The number of morpholine rings is 1. The molecule has 3 unspecified atom stereocenters.